The van der Waals surface area contributed by atoms with Gasteiger partial charge in [0.1, 0.15) is 0 Å². The third-order valence-corrected chi connectivity index (χ3v) is 4.24. The maximum absolute atomic E-state index is 12.5. The summed E-state index contributed by atoms with van der Waals surface area (Å²) in [5.74, 6) is 0.219. The molecule has 0 aromatic heterocycles. The second kappa shape index (κ2) is 5.91. The fourth-order valence-corrected chi connectivity index (χ4v) is 3.14. The first-order chi connectivity index (χ1) is 8.99. The smallest absolute Gasteiger partial charge is 0.233 e. The zero-order valence-corrected chi connectivity index (χ0v) is 12.6. The fourth-order valence-electron chi connectivity index (χ4n) is 3.14. The molecular weight excluding hydrogens is 236 g/mol. The predicted octanol–water partition coefficient (Wildman–Crippen LogP) is 2.80. The van der Waals surface area contributed by atoms with Crippen molar-refractivity contribution in [3.8, 4) is 0 Å². The lowest BCUT2D eigenvalue weighted by molar-refractivity contribution is -0.132. The van der Waals surface area contributed by atoms with Crippen LogP contribution in [0, 0.1) is 5.92 Å². The van der Waals surface area contributed by atoms with E-state index >= 15 is 0 Å². The molecule has 1 saturated heterocycles. The van der Waals surface area contributed by atoms with Gasteiger partial charge >= 0.3 is 0 Å². The summed E-state index contributed by atoms with van der Waals surface area (Å²) in [7, 11) is 0. The van der Waals surface area contributed by atoms with E-state index in [4.69, 9.17) is 0 Å². The summed E-state index contributed by atoms with van der Waals surface area (Å²) in [5.41, 5.74) is 2.27. The van der Waals surface area contributed by atoms with Crippen molar-refractivity contribution in [2.75, 3.05) is 19.6 Å². The van der Waals surface area contributed by atoms with Crippen LogP contribution in [0.2, 0.25) is 0 Å². The molecule has 3 heteroatoms. The minimum Gasteiger partial charge on any atom is -0.314 e. The number of carbonyl (C=O) groups is 1. The minimum absolute atomic E-state index is 0.0144. The first kappa shape index (κ1) is 14.3. The van der Waals surface area contributed by atoms with Gasteiger partial charge < -0.3 is 4.90 Å². The van der Waals surface area contributed by atoms with E-state index in [1.54, 1.807) is 0 Å². The lowest BCUT2D eigenvalue weighted by Gasteiger charge is -2.31. The summed E-state index contributed by atoms with van der Waals surface area (Å²) >= 11 is 0. The highest BCUT2D eigenvalue weighted by Crippen LogP contribution is 2.21. The minimum atomic E-state index is -0.0144. The van der Waals surface area contributed by atoms with Gasteiger partial charge in [-0.1, -0.05) is 18.6 Å². The third kappa shape index (κ3) is 3.27. The van der Waals surface area contributed by atoms with E-state index in [0.29, 0.717) is 6.04 Å². The van der Waals surface area contributed by atoms with E-state index in [-0.39, 0.29) is 11.8 Å². The molecule has 0 N–H and O–H groups in total. The molecule has 19 heavy (non-hydrogen) atoms. The second-order valence-electron chi connectivity index (χ2n) is 6.03. The summed E-state index contributed by atoms with van der Waals surface area (Å²) < 4.78 is 0. The van der Waals surface area contributed by atoms with Crippen molar-refractivity contribution in [1.82, 2.24) is 9.80 Å². The summed E-state index contributed by atoms with van der Waals surface area (Å²) in [6.07, 6.45) is 6.78. The molecule has 2 atom stereocenters. The van der Waals surface area contributed by atoms with Crippen LogP contribution in [0.15, 0.2) is 23.4 Å². The highest BCUT2D eigenvalue weighted by molar-refractivity contribution is 5.82. The van der Waals surface area contributed by atoms with Crippen molar-refractivity contribution in [3.05, 3.63) is 23.4 Å². The summed E-state index contributed by atoms with van der Waals surface area (Å²) in [5, 5.41) is 0. The highest BCUT2D eigenvalue weighted by atomic mass is 16.2. The van der Waals surface area contributed by atoms with E-state index in [9.17, 15) is 4.79 Å². The van der Waals surface area contributed by atoms with Crippen molar-refractivity contribution in [2.45, 2.75) is 46.6 Å². The zero-order chi connectivity index (χ0) is 14.0. The molecule has 0 aliphatic carbocycles. The molecule has 106 valence electrons. The lowest BCUT2D eigenvalue weighted by Crippen LogP contribution is -2.43. The van der Waals surface area contributed by atoms with Crippen LogP contribution in [0.4, 0.5) is 0 Å². The van der Waals surface area contributed by atoms with Gasteiger partial charge in [-0.3, -0.25) is 9.69 Å². The average molecular weight is 262 g/mol. The van der Waals surface area contributed by atoms with Gasteiger partial charge in [0.05, 0.1) is 5.92 Å². The van der Waals surface area contributed by atoms with Gasteiger partial charge in [0.25, 0.3) is 0 Å². The molecular formula is C16H26N2O. The van der Waals surface area contributed by atoms with Crippen molar-refractivity contribution in [2.24, 2.45) is 5.92 Å². The van der Waals surface area contributed by atoms with Crippen molar-refractivity contribution < 1.29 is 4.79 Å². The SMILES string of the molecule is CC1=C[C@H](C)C(=O)N(C[C@@H](C)N2CCCC2)C(C)=C1. The molecule has 0 spiro atoms. The Labute approximate surface area is 117 Å². The quantitative estimate of drug-likeness (QED) is 0.781. The highest BCUT2D eigenvalue weighted by Gasteiger charge is 2.27. The normalized spacial score (nSPS) is 27.1. The van der Waals surface area contributed by atoms with E-state index in [1.807, 2.05) is 18.7 Å². The van der Waals surface area contributed by atoms with Crippen LogP contribution in [-0.2, 0) is 4.79 Å². The Kier molecular flexibility index (Phi) is 4.46. The number of likely N-dealkylation sites (tertiary alicyclic amines) is 1. The number of amides is 1. The monoisotopic (exact) mass is 262 g/mol. The van der Waals surface area contributed by atoms with Crippen LogP contribution in [0.25, 0.3) is 0 Å². The maximum Gasteiger partial charge on any atom is 0.233 e. The van der Waals surface area contributed by atoms with Crippen molar-refractivity contribution in [1.29, 1.82) is 0 Å². The van der Waals surface area contributed by atoms with E-state index in [1.165, 1.54) is 31.5 Å². The Bertz CT molecular complexity index is 405. The van der Waals surface area contributed by atoms with Crippen molar-refractivity contribution in [3.63, 3.8) is 0 Å². The number of allylic oxidation sites excluding steroid dienone is 3. The summed E-state index contributed by atoms with van der Waals surface area (Å²) in [6.45, 7) is 11.5. The van der Waals surface area contributed by atoms with Crippen LogP contribution >= 0.6 is 0 Å². The zero-order valence-electron chi connectivity index (χ0n) is 12.6. The molecule has 0 aromatic rings. The molecule has 2 aliphatic rings. The fraction of sp³-hybridized carbons (Fsp3) is 0.688. The third-order valence-electron chi connectivity index (χ3n) is 4.24. The number of nitrogens with zero attached hydrogens (tertiary/aromatic N) is 2. The molecule has 3 nitrogen and oxygen atoms in total. The van der Waals surface area contributed by atoms with Crippen LogP contribution < -0.4 is 0 Å². The Morgan fingerprint density at radius 1 is 1.32 bits per heavy atom. The second-order valence-corrected chi connectivity index (χ2v) is 6.03. The van der Waals surface area contributed by atoms with Crippen LogP contribution in [-0.4, -0.2) is 41.4 Å². The molecule has 0 bridgehead atoms. The molecule has 0 saturated carbocycles. The largest absolute Gasteiger partial charge is 0.314 e. The molecule has 1 amide bonds. The predicted molar refractivity (Wildman–Crippen MR) is 78.7 cm³/mol. The Morgan fingerprint density at radius 2 is 1.95 bits per heavy atom. The first-order valence-corrected chi connectivity index (χ1v) is 7.41. The summed E-state index contributed by atoms with van der Waals surface area (Å²) in [6, 6.07) is 0.445. The van der Waals surface area contributed by atoms with Gasteiger partial charge in [-0.25, -0.2) is 0 Å². The van der Waals surface area contributed by atoms with Crippen LogP contribution in [0.3, 0.4) is 0 Å². The number of carbonyl (C=O) groups excluding carboxylic acids is 1. The van der Waals surface area contributed by atoms with Crippen LogP contribution in [0.1, 0.15) is 40.5 Å². The van der Waals surface area contributed by atoms with Gasteiger partial charge in [0.15, 0.2) is 0 Å². The van der Waals surface area contributed by atoms with Gasteiger partial charge in [0.2, 0.25) is 5.91 Å². The molecule has 2 heterocycles. The first-order valence-electron chi connectivity index (χ1n) is 7.41. The standard InChI is InChI=1S/C16H26N2O/c1-12-9-13(2)16(19)18(14(3)10-12)11-15(4)17-7-5-6-8-17/h9-10,13,15H,5-8,11H2,1-4H3/t13-,15+/m0/s1. The average Bonchev–Trinajstić information content (AvgIpc) is 2.85. The molecule has 1 fully saturated rings. The summed E-state index contributed by atoms with van der Waals surface area (Å²) in [4.78, 5) is 16.9. The molecule has 0 aromatic carbocycles. The molecule has 0 radical (unpaired) electrons. The van der Waals surface area contributed by atoms with Gasteiger partial charge in [-0.2, -0.15) is 0 Å². The molecule has 2 rings (SSSR count). The van der Waals surface area contributed by atoms with Crippen LogP contribution in [0.5, 0.6) is 0 Å². The Balaban J connectivity index is 2.09. The number of rotatable bonds is 3. The van der Waals surface area contributed by atoms with Gasteiger partial charge in [-0.15, -0.1) is 0 Å². The van der Waals surface area contributed by atoms with Gasteiger partial charge in [-0.05, 0) is 52.8 Å². The molecule has 0 unspecified atom stereocenters. The van der Waals surface area contributed by atoms with E-state index in [2.05, 4.69) is 30.9 Å². The lowest BCUT2D eigenvalue weighted by atomic mass is 10.1. The van der Waals surface area contributed by atoms with E-state index in [0.717, 1.165) is 12.2 Å². The van der Waals surface area contributed by atoms with Crippen molar-refractivity contribution >= 4 is 5.91 Å². The maximum atomic E-state index is 12.5. The topological polar surface area (TPSA) is 23.6 Å². The number of hydrogen-bond donors (Lipinski definition) is 0. The Morgan fingerprint density at radius 3 is 2.58 bits per heavy atom. The van der Waals surface area contributed by atoms with E-state index < -0.39 is 0 Å². The Hall–Kier alpha value is -1.09. The van der Waals surface area contributed by atoms with Gasteiger partial charge in [0, 0.05) is 18.3 Å². The number of hydrogen-bond acceptors (Lipinski definition) is 2. The molecule has 2 aliphatic heterocycles.